The highest BCUT2D eigenvalue weighted by Gasteiger charge is 2.43. The molecule has 2 aromatic carbocycles. The number of nitrogens with zero attached hydrogens (tertiary/aromatic N) is 1. The van der Waals surface area contributed by atoms with Gasteiger partial charge in [-0.1, -0.05) is 67.1 Å². The molecular weight excluding hydrogens is 406 g/mol. The first kappa shape index (κ1) is 23.4. The van der Waals surface area contributed by atoms with E-state index in [1.54, 1.807) is 7.11 Å². The van der Waals surface area contributed by atoms with Crippen molar-refractivity contribution in [1.82, 2.24) is 5.06 Å². The lowest BCUT2D eigenvalue weighted by molar-refractivity contribution is -0.290. The average Bonchev–Trinajstić information content (AvgIpc) is 2.87. The van der Waals surface area contributed by atoms with E-state index in [9.17, 15) is 0 Å². The predicted molar refractivity (Wildman–Crippen MR) is 122 cm³/mol. The molecule has 2 unspecified atom stereocenters. The second kappa shape index (κ2) is 12.4. The van der Waals surface area contributed by atoms with Crippen molar-refractivity contribution in [3.63, 3.8) is 0 Å². The van der Waals surface area contributed by atoms with Crippen LogP contribution in [0, 0.1) is 5.92 Å². The van der Waals surface area contributed by atoms with Crippen molar-refractivity contribution in [1.29, 1.82) is 0 Å². The Morgan fingerprint density at radius 2 is 1.41 bits per heavy atom. The molecule has 2 aromatic rings. The van der Waals surface area contributed by atoms with Gasteiger partial charge in [0, 0.05) is 26.1 Å². The van der Waals surface area contributed by atoms with E-state index < -0.39 is 6.29 Å². The zero-order chi connectivity index (χ0) is 22.0. The highest BCUT2D eigenvalue weighted by Crippen LogP contribution is 2.29. The van der Waals surface area contributed by atoms with Crippen LogP contribution < -0.4 is 0 Å². The van der Waals surface area contributed by atoms with Gasteiger partial charge in [0.2, 0.25) is 0 Å². The fraction of sp³-hybridized carbons (Fsp3) is 0.538. The van der Waals surface area contributed by atoms with Gasteiger partial charge < -0.3 is 18.9 Å². The molecule has 4 rings (SSSR count). The lowest BCUT2D eigenvalue weighted by Crippen LogP contribution is -2.54. The second-order valence-electron chi connectivity index (χ2n) is 8.51. The molecule has 2 saturated heterocycles. The summed E-state index contributed by atoms with van der Waals surface area (Å²) in [5, 5.41) is 2.08. The molecule has 2 heterocycles. The molecule has 0 spiro atoms. The van der Waals surface area contributed by atoms with Crippen LogP contribution in [0.2, 0.25) is 0 Å². The average molecular weight is 442 g/mol. The second-order valence-corrected chi connectivity index (χ2v) is 8.51. The first-order valence-electron chi connectivity index (χ1n) is 11.7. The third-order valence-electron chi connectivity index (χ3n) is 6.12. The summed E-state index contributed by atoms with van der Waals surface area (Å²) >= 11 is 0. The summed E-state index contributed by atoms with van der Waals surface area (Å²) in [5.74, 6) is 0.0489. The molecule has 0 aromatic heterocycles. The zero-order valence-corrected chi connectivity index (χ0v) is 18.9. The number of ether oxygens (including phenoxy) is 4. The summed E-state index contributed by atoms with van der Waals surface area (Å²) < 4.78 is 24.5. The smallest absolute Gasteiger partial charge is 0.185 e. The topological polar surface area (TPSA) is 49.4 Å². The molecular formula is C26H35NO5. The highest BCUT2D eigenvalue weighted by atomic mass is 16.7. The maximum absolute atomic E-state index is 6.47. The van der Waals surface area contributed by atoms with Gasteiger partial charge >= 0.3 is 0 Å². The van der Waals surface area contributed by atoms with Crippen LogP contribution in [0.3, 0.4) is 0 Å². The molecule has 174 valence electrons. The molecule has 0 bridgehead atoms. The molecule has 4 atom stereocenters. The van der Waals surface area contributed by atoms with Gasteiger partial charge in [-0.25, -0.2) is 0 Å². The third kappa shape index (κ3) is 6.61. The summed E-state index contributed by atoms with van der Waals surface area (Å²) in [4.78, 5) is 6.16. The van der Waals surface area contributed by atoms with E-state index in [1.807, 2.05) is 36.4 Å². The van der Waals surface area contributed by atoms with Crippen molar-refractivity contribution in [2.75, 3.05) is 33.4 Å². The van der Waals surface area contributed by atoms with Gasteiger partial charge in [0.15, 0.2) is 6.29 Å². The van der Waals surface area contributed by atoms with Crippen LogP contribution in [0.4, 0.5) is 0 Å². The minimum atomic E-state index is -0.481. The van der Waals surface area contributed by atoms with Gasteiger partial charge in [-0.15, -0.1) is 0 Å². The minimum Gasteiger partial charge on any atom is -0.370 e. The first-order valence-corrected chi connectivity index (χ1v) is 11.7. The Balaban J connectivity index is 1.45. The Morgan fingerprint density at radius 3 is 2.00 bits per heavy atom. The third-order valence-corrected chi connectivity index (χ3v) is 6.12. The Kier molecular flexibility index (Phi) is 9.08. The van der Waals surface area contributed by atoms with Crippen molar-refractivity contribution in [3.8, 4) is 0 Å². The van der Waals surface area contributed by atoms with Crippen LogP contribution in [-0.2, 0) is 37.0 Å². The van der Waals surface area contributed by atoms with Crippen LogP contribution in [0.25, 0.3) is 0 Å². The van der Waals surface area contributed by atoms with Crippen molar-refractivity contribution in [2.24, 2.45) is 5.92 Å². The summed E-state index contributed by atoms with van der Waals surface area (Å²) in [7, 11) is 1.66. The van der Waals surface area contributed by atoms with Gasteiger partial charge in [-0.2, -0.15) is 5.06 Å². The van der Waals surface area contributed by atoms with Crippen molar-refractivity contribution >= 4 is 0 Å². The van der Waals surface area contributed by atoms with Crippen molar-refractivity contribution < 1.29 is 23.8 Å². The molecule has 2 aliphatic rings. The summed E-state index contributed by atoms with van der Waals surface area (Å²) in [6.45, 7) is 4.00. The van der Waals surface area contributed by atoms with Crippen molar-refractivity contribution in [2.45, 2.75) is 51.0 Å². The maximum Gasteiger partial charge on any atom is 0.185 e. The van der Waals surface area contributed by atoms with E-state index in [2.05, 4.69) is 29.3 Å². The fourth-order valence-electron chi connectivity index (χ4n) is 4.31. The molecule has 2 aliphatic heterocycles. The maximum atomic E-state index is 6.47. The Morgan fingerprint density at radius 1 is 0.812 bits per heavy atom. The van der Waals surface area contributed by atoms with E-state index in [4.69, 9.17) is 23.8 Å². The van der Waals surface area contributed by atoms with Gasteiger partial charge in [0.1, 0.15) is 6.10 Å². The normalized spacial score (nSPS) is 26.8. The molecule has 0 amide bonds. The number of rotatable bonds is 10. The number of hydrogen-bond donors (Lipinski definition) is 0. The quantitative estimate of drug-likeness (QED) is 0.551. The molecule has 0 aliphatic carbocycles. The molecule has 2 fully saturated rings. The standard InChI is InChI=1S/C26H35NO5/c1-28-26-25(30-18-22-13-7-3-8-14-22)24(29-17-21-11-5-2-6-12-21)23(19-31-26)20-32-27-15-9-4-10-16-27/h2-3,5-8,11-14,23-26H,4,9-10,15-20H2,1H3/t23-,24?,25?,26-/m1/s1. The van der Waals surface area contributed by atoms with Crippen LogP contribution in [-0.4, -0.2) is 57.0 Å². The first-order chi connectivity index (χ1) is 15.8. The molecule has 32 heavy (non-hydrogen) atoms. The summed E-state index contributed by atoms with van der Waals surface area (Å²) in [6.07, 6.45) is 2.61. The van der Waals surface area contributed by atoms with E-state index in [0.29, 0.717) is 26.4 Å². The summed E-state index contributed by atoms with van der Waals surface area (Å²) in [5.41, 5.74) is 2.24. The summed E-state index contributed by atoms with van der Waals surface area (Å²) in [6, 6.07) is 20.4. The van der Waals surface area contributed by atoms with Crippen LogP contribution in [0.1, 0.15) is 30.4 Å². The van der Waals surface area contributed by atoms with Crippen LogP contribution >= 0.6 is 0 Å². The zero-order valence-electron chi connectivity index (χ0n) is 18.9. The van der Waals surface area contributed by atoms with E-state index in [0.717, 1.165) is 24.2 Å². The van der Waals surface area contributed by atoms with Crippen LogP contribution in [0.5, 0.6) is 0 Å². The number of benzene rings is 2. The van der Waals surface area contributed by atoms with Gasteiger partial charge in [-0.05, 0) is 24.0 Å². The van der Waals surface area contributed by atoms with Crippen molar-refractivity contribution in [3.05, 3.63) is 71.8 Å². The van der Waals surface area contributed by atoms with E-state index in [1.165, 1.54) is 19.3 Å². The molecule has 0 saturated carbocycles. The lowest BCUT2D eigenvalue weighted by Gasteiger charge is -2.42. The van der Waals surface area contributed by atoms with E-state index in [-0.39, 0.29) is 18.1 Å². The minimum absolute atomic E-state index is 0.0489. The molecule has 0 N–H and O–H groups in total. The molecule has 6 heteroatoms. The van der Waals surface area contributed by atoms with Crippen LogP contribution in [0.15, 0.2) is 60.7 Å². The van der Waals surface area contributed by atoms with Gasteiger partial charge in [0.25, 0.3) is 0 Å². The number of hydroxylamine groups is 2. The Labute approximate surface area is 191 Å². The van der Waals surface area contributed by atoms with E-state index >= 15 is 0 Å². The SMILES string of the molecule is CO[C@@H]1OC[C@H](CON2CCCCC2)C(OCc2ccccc2)C1OCc1ccccc1. The van der Waals surface area contributed by atoms with Gasteiger partial charge in [0.05, 0.1) is 32.5 Å². The molecule has 6 nitrogen and oxygen atoms in total. The highest BCUT2D eigenvalue weighted by molar-refractivity contribution is 5.14. The largest absolute Gasteiger partial charge is 0.370 e. The predicted octanol–water partition coefficient (Wildman–Crippen LogP) is 4.19. The lowest BCUT2D eigenvalue weighted by atomic mass is 9.95. The number of hydrogen-bond acceptors (Lipinski definition) is 6. The number of methoxy groups -OCH3 is 1. The molecule has 0 radical (unpaired) electrons. The Hall–Kier alpha value is -1.80. The Bertz CT molecular complexity index is 768. The number of piperidine rings is 1. The van der Waals surface area contributed by atoms with Gasteiger partial charge in [-0.3, -0.25) is 4.84 Å². The fourth-order valence-corrected chi connectivity index (χ4v) is 4.31. The monoisotopic (exact) mass is 441 g/mol.